The first-order chi connectivity index (χ1) is 15.3. The normalized spacial score (nSPS) is 39.8. The van der Waals surface area contributed by atoms with E-state index in [1.165, 1.54) is 6.42 Å². The summed E-state index contributed by atoms with van der Waals surface area (Å²) in [7, 11) is 1.77. The molecule has 1 unspecified atom stereocenters. The van der Waals surface area contributed by atoms with Gasteiger partial charge in [-0.05, 0) is 19.8 Å². The summed E-state index contributed by atoms with van der Waals surface area (Å²) in [5.41, 5.74) is 0. The average molecular weight is 460 g/mol. The number of hydrogen-bond acceptors (Lipinski definition) is 5. The number of likely N-dealkylation sites (N-methyl/N-ethyl adjacent to an activating group) is 1. The van der Waals surface area contributed by atoms with Crippen LogP contribution < -0.4 is 0 Å². The fourth-order valence-corrected chi connectivity index (χ4v) is 8.89. The second kappa shape index (κ2) is 7.90. The minimum absolute atomic E-state index is 0.0245. The fourth-order valence-electron chi connectivity index (χ4n) is 6.73. The van der Waals surface area contributed by atoms with Gasteiger partial charge in [0.05, 0.1) is 23.2 Å². The number of likely N-dealkylation sites (tertiary alicyclic amines) is 1. The van der Waals surface area contributed by atoms with Crippen LogP contribution in [0.4, 0.5) is 0 Å². The maximum absolute atomic E-state index is 14.1. The zero-order valence-electron chi connectivity index (χ0n) is 18.9. The van der Waals surface area contributed by atoms with Crippen molar-refractivity contribution in [2.75, 3.05) is 33.3 Å². The van der Waals surface area contributed by atoms with Gasteiger partial charge in [-0.2, -0.15) is 0 Å². The molecule has 0 aromatic heterocycles. The van der Waals surface area contributed by atoms with Gasteiger partial charge in [0.2, 0.25) is 17.7 Å². The molecule has 0 aromatic carbocycles. The molecule has 3 fully saturated rings. The van der Waals surface area contributed by atoms with E-state index < -0.39 is 27.4 Å². The van der Waals surface area contributed by atoms with Gasteiger partial charge < -0.3 is 19.8 Å². The van der Waals surface area contributed by atoms with Crippen molar-refractivity contribution in [3.05, 3.63) is 24.3 Å². The van der Waals surface area contributed by atoms with Crippen molar-refractivity contribution in [2.24, 2.45) is 11.8 Å². The molecule has 1 spiro atoms. The molecule has 0 bridgehead atoms. The summed E-state index contributed by atoms with van der Waals surface area (Å²) >= 11 is 1.60. The van der Waals surface area contributed by atoms with Crippen LogP contribution in [0.25, 0.3) is 0 Å². The number of amides is 3. The average Bonchev–Trinajstić information content (AvgIpc) is 3.04. The van der Waals surface area contributed by atoms with E-state index in [9.17, 15) is 19.5 Å². The predicted molar refractivity (Wildman–Crippen MR) is 123 cm³/mol. The molecule has 3 amide bonds. The van der Waals surface area contributed by atoms with E-state index in [1.54, 1.807) is 28.6 Å². The molecule has 4 heterocycles. The third-order valence-corrected chi connectivity index (χ3v) is 9.94. The first-order valence-corrected chi connectivity index (χ1v) is 12.7. The van der Waals surface area contributed by atoms with Crippen LogP contribution in [0.15, 0.2) is 24.3 Å². The third-order valence-electron chi connectivity index (χ3n) is 8.15. The Bertz CT molecular complexity index is 884. The van der Waals surface area contributed by atoms with Gasteiger partial charge in [0, 0.05) is 37.5 Å². The van der Waals surface area contributed by atoms with Crippen molar-refractivity contribution in [1.82, 2.24) is 14.7 Å². The van der Waals surface area contributed by atoms with Crippen LogP contribution in [0.1, 0.15) is 39.0 Å². The maximum Gasteiger partial charge on any atom is 0.247 e. The smallest absolute Gasteiger partial charge is 0.247 e. The van der Waals surface area contributed by atoms with E-state index in [2.05, 4.69) is 18.2 Å². The lowest BCUT2D eigenvalue weighted by atomic mass is 9.74. The zero-order valence-corrected chi connectivity index (χ0v) is 19.7. The second-order valence-electron chi connectivity index (χ2n) is 10.1. The summed E-state index contributed by atoms with van der Waals surface area (Å²) in [5, 5.41) is 9.76. The van der Waals surface area contributed by atoms with Gasteiger partial charge in [0.1, 0.15) is 6.04 Å². The highest BCUT2D eigenvalue weighted by Crippen LogP contribution is 2.65. The number of thioether (sulfide) groups is 1. The molecule has 1 N–H and O–H groups in total. The SMILES string of the molecule is CN1CC=C[C@@]2(C)S[C@]34C=CCN(C5CCCCC5)C(=O)C3N(CCO)C(=O)[C@@H]4[C@H]2C1=O. The van der Waals surface area contributed by atoms with Crippen LogP contribution in [0.3, 0.4) is 0 Å². The number of fused-ring (bicyclic) bond motifs is 2. The molecule has 7 nitrogen and oxygen atoms in total. The number of rotatable bonds is 3. The lowest BCUT2D eigenvalue weighted by Gasteiger charge is -2.39. The standard InChI is InChI=1S/C24H33N3O4S/c1-23-10-6-12-25(2)20(29)17(23)18-21(30)27(14-15-28)19-22(31)26(16-8-4-3-5-9-16)13-7-11-24(18,19)32-23/h6-7,10-11,16-19,28H,3-5,8-9,12-15H2,1-2H3/t17-,18-,19?,23+,24-/m0/s1. The number of aliphatic hydroxyl groups is 1. The first kappa shape index (κ1) is 22.0. The van der Waals surface area contributed by atoms with Crippen molar-refractivity contribution in [3.8, 4) is 0 Å². The highest BCUT2D eigenvalue weighted by molar-refractivity contribution is 8.02. The van der Waals surface area contributed by atoms with E-state index in [4.69, 9.17) is 0 Å². The van der Waals surface area contributed by atoms with Gasteiger partial charge in [0.25, 0.3) is 0 Å². The molecule has 5 rings (SSSR count). The fraction of sp³-hybridized carbons (Fsp3) is 0.708. The van der Waals surface area contributed by atoms with Gasteiger partial charge in [-0.3, -0.25) is 14.4 Å². The molecular formula is C24H33N3O4S. The summed E-state index contributed by atoms with van der Waals surface area (Å²) in [6.07, 6.45) is 13.6. The molecule has 5 atom stereocenters. The summed E-state index contributed by atoms with van der Waals surface area (Å²) in [6.45, 7) is 3.01. The van der Waals surface area contributed by atoms with Crippen molar-refractivity contribution < 1.29 is 19.5 Å². The van der Waals surface area contributed by atoms with E-state index in [1.807, 2.05) is 17.9 Å². The molecule has 4 aliphatic heterocycles. The van der Waals surface area contributed by atoms with Crippen molar-refractivity contribution in [2.45, 2.75) is 60.6 Å². The molecule has 0 radical (unpaired) electrons. The molecular weight excluding hydrogens is 426 g/mol. The third kappa shape index (κ3) is 3.01. The number of aliphatic hydroxyl groups excluding tert-OH is 1. The minimum atomic E-state index is -0.801. The van der Waals surface area contributed by atoms with Gasteiger partial charge in [-0.15, -0.1) is 11.8 Å². The van der Waals surface area contributed by atoms with E-state index in [-0.39, 0.29) is 36.9 Å². The molecule has 174 valence electrons. The second-order valence-corrected chi connectivity index (χ2v) is 11.8. The monoisotopic (exact) mass is 459 g/mol. The van der Waals surface area contributed by atoms with Gasteiger partial charge in [-0.25, -0.2) is 0 Å². The quantitative estimate of drug-likeness (QED) is 0.646. The van der Waals surface area contributed by atoms with Crippen molar-refractivity contribution in [3.63, 3.8) is 0 Å². The molecule has 0 aromatic rings. The topological polar surface area (TPSA) is 81.2 Å². The Kier molecular flexibility index (Phi) is 5.44. The van der Waals surface area contributed by atoms with Gasteiger partial charge >= 0.3 is 0 Å². The number of hydrogen-bond donors (Lipinski definition) is 1. The highest BCUT2D eigenvalue weighted by atomic mass is 32.2. The lowest BCUT2D eigenvalue weighted by Crippen LogP contribution is -2.56. The number of nitrogens with zero attached hydrogens (tertiary/aromatic N) is 3. The molecule has 1 aliphatic carbocycles. The van der Waals surface area contributed by atoms with E-state index in [0.29, 0.717) is 13.1 Å². The Balaban J connectivity index is 1.61. The molecule has 32 heavy (non-hydrogen) atoms. The molecule has 5 aliphatic rings. The Morgan fingerprint density at radius 1 is 1.00 bits per heavy atom. The van der Waals surface area contributed by atoms with Crippen LogP contribution >= 0.6 is 11.8 Å². The summed E-state index contributed by atoms with van der Waals surface area (Å²) in [5.74, 6) is -1.39. The molecule has 2 saturated heterocycles. The summed E-state index contributed by atoms with van der Waals surface area (Å²) < 4.78 is -1.36. The van der Waals surface area contributed by atoms with Crippen LogP contribution in [-0.4, -0.2) is 92.4 Å². The van der Waals surface area contributed by atoms with E-state index in [0.717, 1.165) is 25.7 Å². The Hall–Kier alpha value is -1.80. The zero-order chi connectivity index (χ0) is 22.7. The van der Waals surface area contributed by atoms with Gasteiger partial charge in [-0.1, -0.05) is 43.6 Å². The Morgan fingerprint density at radius 2 is 1.72 bits per heavy atom. The Labute approximate surface area is 193 Å². The van der Waals surface area contributed by atoms with Crippen LogP contribution in [0.5, 0.6) is 0 Å². The van der Waals surface area contributed by atoms with Crippen LogP contribution in [0, 0.1) is 11.8 Å². The first-order valence-electron chi connectivity index (χ1n) is 11.9. The largest absolute Gasteiger partial charge is 0.395 e. The van der Waals surface area contributed by atoms with Crippen LogP contribution in [-0.2, 0) is 14.4 Å². The highest BCUT2D eigenvalue weighted by Gasteiger charge is 2.73. The van der Waals surface area contributed by atoms with Gasteiger partial charge in [0.15, 0.2) is 0 Å². The van der Waals surface area contributed by atoms with Crippen molar-refractivity contribution >= 4 is 29.5 Å². The molecule has 8 heteroatoms. The lowest BCUT2D eigenvalue weighted by molar-refractivity contribution is -0.145. The number of β-amino-alcohol motifs (C(OH)–C–C–N with tert-alkyl or cyclic N) is 1. The predicted octanol–water partition coefficient (Wildman–Crippen LogP) is 1.43. The van der Waals surface area contributed by atoms with Crippen LogP contribution in [0.2, 0.25) is 0 Å². The minimum Gasteiger partial charge on any atom is -0.395 e. The molecule has 1 saturated carbocycles. The number of carbonyl (C=O) groups is 3. The number of carbonyl (C=O) groups excluding carboxylic acids is 3. The van der Waals surface area contributed by atoms with Crippen molar-refractivity contribution in [1.29, 1.82) is 0 Å². The summed E-state index contributed by atoms with van der Waals surface area (Å²) in [4.78, 5) is 46.6. The van der Waals surface area contributed by atoms with E-state index >= 15 is 0 Å². The Morgan fingerprint density at radius 3 is 2.44 bits per heavy atom. The summed E-state index contributed by atoms with van der Waals surface area (Å²) in [6, 6.07) is -0.491. The maximum atomic E-state index is 14.1.